The van der Waals surface area contributed by atoms with Gasteiger partial charge in [-0.1, -0.05) is 12.1 Å². The van der Waals surface area contributed by atoms with E-state index >= 15 is 0 Å². The molecule has 0 unspecified atom stereocenters. The molecule has 0 saturated carbocycles. The highest BCUT2D eigenvalue weighted by Crippen LogP contribution is 2.13. The molecule has 4 nitrogen and oxygen atoms in total. The van der Waals surface area contributed by atoms with Crippen LogP contribution in [0.3, 0.4) is 0 Å². The summed E-state index contributed by atoms with van der Waals surface area (Å²) >= 11 is 0. The minimum atomic E-state index is -3.57. The molecule has 6 heteroatoms. The third-order valence-corrected chi connectivity index (χ3v) is 4.99. The molecule has 0 amide bonds. The van der Waals surface area contributed by atoms with Crippen molar-refractivity contribution >= 4 is 15.7 Å². The Balaban J connectivity index is 1.83. The summed E-state index contributed by atoms with van der Waals surface area (Å²) in [7, 11) is 0.398. The first-order valence-electron chi connectivity index (χ1n) is 7.40. The third kappa shape index (κ3) is 5.04. The van der Waals surface area contributed by atoms with Gasteiger partial charge in [0.05, 0.1) is 4.90 Å². The predicted octanol–water partition coefficient (Wildman–Crippen LogP) is 2.80. The lowest BCUT2D eigenvalue weighted by Gasteiger charge is -2.12. The topological polar surface area (TPSA) is 49.4 Å². The van der Waals surface area contributed by atoms with Crippen LogP contribution in [0.25, 0.3) is 0 Å². The summed E-state index contributed by atoms with van der Waals surface area (Å²) in [6, 6.07) is 13.0. The van der Waals surface area contributed by atoms with Crippen LogP contribution in [0, 0.1) is 5.82 Å². The van der Waals surface area contributed by atoms with Gasteiger partial charge in [-0.25, -0.2) is 17.5 Å². The maximum absolute atomic E-state index is 12.8. The number of benzene rings is 2. The van der Waals surface area contributed by atoms with Gasteiger partial charge in [0.2, 0.25) is 10.0 Å². The number of sulfonamides is 1. The zero-order chi connectivity index (χ0) is 16.9. The zero-order valence-corrected chi connectivity index (χ0v) is 14.1. The van der Waals surface area contributed by atoms with Crippen molar-refractivity contribution < 1.29 is 12.8 Å². The van der Waals surface area contributed by atoms with Crippen molar-refractivity contribution in [3.05, 3.63) is 59.9 Å². The molecule has 0 aliphatic rings. The summed E-state index contributed by atoms with van der Waals surface area (Å²) < 4.78 is 39.4. The minimum Gasteiger partial charge on any atom is -0.378 e. The van der Waals surface area contributed by atoms with E-state index in [9.17, 15) is 12.8 Å². The molecular formula is C17H21FN2O2S. The van der Waals surface area contributed by atoms with Crippen LogP contribution in [0.2, 0.25) is 0 Å². The number of halogens is 1. The minimum absolute atomic E-state index is 0.0780. The highest BCUT2D eigenvalue weighted by molar-refractivity contribution is 7.89. The molecule has 2 aromatic carbocycles. The van der Waals surface area contributed by atoms with Gasteiger partial charge in [0.25, 0.3) is 0 Å². The second-order valence-electron chi connectivity index (χ2n) is 5.52. The van der Waals surface area contributed by atoms with Gasteiger partial charge in [-0.2, -0.15) is 0 Å². The summed E-state index contributed by atoms with van der Waals surface area (Å²) in [6.07, 6.45) is 1.49. The van der Waals surface area contributed by atoms with Crippen LogP contribution in [-0.4, -0.2) is 29.1 Å². The highest BCUT2D eigenvalue weighted by Gasteiger charge is 2.12. The quantitative estimate of drug-likeness (QED) is 0.791. The van der Waals surface area contributed by atoms with Gasteiger partial charge in [0.1, 0.15) is 5.82 Å². The van der Waals surface area contributed by atoms with Crippen LogP contribution < -0.4 is 9.62 Å². The van der Waals surface area contributed by atoms with E-state index in [2.05, 4.69) is 4.72 Å². The summed E-state index contributed by atoms with van der Waals surface area (Å²) in [5, 5.41) is 0. The molecule has 0 fully saturated rings. The third-order valence-electron chi connectivity index (χ3n) is 3.51. The SMILES string of the molecule is CN(C)c1ccc(CCCNS(=O)(=O)c2ccc(F)cc2)cc1. The summed E-state index contributed by atoms with van der Waals surface area (Å²) in [6.45, 7) is 0.342. The lowest BCUT2D eigenvalue weighted by Crippen LogP contribution is -2.25. The first kappa shape index (κ1) is 17.4. The van der Waals surface area contributed by atoms with E-state index in [0.29, 0.717) is 13.0 Å². The fourth-order valence-electron chi connectivity index (χ4n) is 2.16. The first-order valence-corrected chi connectivity index (χ1v) is 8.88. The molecule has 1 N–H and O–H groups in total. The fourth-order valence-corrected chi connectivity index (χ4v) is 3.23. The smallest absolute Gasteiger partial charge is 0.240 e. The number of rotatable bonds is 7. The largest absolute Gasteiger partial charge is 0.378 e. The van der Waals surface area contributed by atoms with Gasteiger partial charge >= 0.3 is 0 Å². The lowest BCUT2D eigenvalue weighted by atomic mass is 10.1. The van der Waals surface area contributed by atoms with E-state index in [1.165, 1.54) is 12.1 Å². The van der Waals surface area contributed by atoms with Gasteiger partial charge < -0.3 is 4.90 Å². The van der Waals surface area contributed by atoms with Crippen molar-refractivity contribution in [1.29, 1.82) is 0 Å². The Bertz CT molecular complexity index is 726. The Morgan fingerprint density at radius 3 is 2.17 bits per heavy atom. The number of aryl methyl sites for hydroxylation is 1. The van der Waals surface area contributed by atoms with Crippen LogP contribution in [-0.2, 0) is 16.4 Å². The molecular weight excluding hydrogens is 315 g/mol. The van der Waals surface area contributed by atoms with Crippen molar-refractivity contribution in [3.8, 4) is 0 Å². The van der Waals surface area contributed by atoms with Crippen LogP contribution >= 0.6 is 0 Å². The van der Waals surface area contributed by atoms with E-state index in [4.69, 9.17) is 0 Å². The molecule has 0 atom stereocenters. The van der Waals surface area contributed by atoms with Crippen LogP contribution in [0.1, 0.15) is 12.0 Å². The normalized spacial score (nSPS) is 11.4. The van der Waals surface area contributed by atoms with E-state index in [1.807, 2.05) is 43.3 Å². The van der Waals surface area contributed by atoms with Gasteiger partial charge in [-0.05, 0) is 54.8 Å². The Kier molecular flexibility index (Phi) is 5.74. The van der Waals surface area contributed by atoms with Crippen molar-refractivity contribution in [3.63, 3.8) is 0 Å². The second-order valence-corrected chi connectivity index (χ2v) is 7.28. The van der Waals surface area contributed by atoms with Crippen molar-refractivity contribution in [1.82, 2.24) is 4.72 Å². The van der Waals surface area contributed by atoms with E-state index in [-0.39, 0.29) is 4.90 Å². The maximum Gasteiger partial charge on any atom is 0.240 e. The Labute approximate surface area is 137 Å². The molecule has 124 valence electrons. The van der Waals surface area contributed by atoms with E-state index < -0.39 is 15.8 Å². The number of hydrogen-bond donors (Lipinski definition) is 1. The Morgan fingerprint density at radius 2 is 1.61 bits per heavy atom. The molecule has 2 aromatic rings. The molecule has 0 saturated heterocycles. The molecule has 0 bridgehead atoms. The molecule has 0 radical (unpaired) electrons. The molecule has 0 heterocycles. The number of nitrogens with one attached hydrogen (secondary N) is 1. The fraction of sp³-hybridized carbons (Fsp3) is 0.294. The molecule has 23 heavy (non-hydrogen) atoms. The summed E-state index contributed by atoms with van der Waals surface area (Å²) in [5.41, 5.74) is 2.29. The maximum atomic E-state index is 12.8. The van der Waals surface area contributed by atoms with Gasteiger partial charge in [0.15, 0.2) is 0 Å². The molecule has 0 aliphatic heterocycles. The average Bonchev–Trinajstić information content (AvgIpc) is 2.52. The predicted molar refractivity (Wildman–Crippen MR) is 90.7 cm³/mol. The van der Waals surface area contributed by atoms with Crippen molar-refractivity contribution in [2.45, 2.75) is 17.7 Å². The standard InChI is InChI=1S/C17H21FN2O2S/c1-20(2)16-9-5-14(6-10-16)4-3-13-19-23(21,22)17-11-7-15(18)8-12-17/h5-12,19H,3-4,13H2,1-2H3. The summed E-state index contributed by atoms with van der Waals surface area (Å²) in [5.74, 6) is -0.454. The van der Waals surface area contributed by atoms with Crippen LogP contribution in [0.15, 0.2) is 53.4 Å². The highest BCUT2D eigenvalue weighted by atomic mass is 32.2. The van der Waals surface area contributed by atoms with Crippen LogP contribution in [0.5, 0.6) is 0 Å². The van der Waals surface area contributed by atoms with Gasteiger partial charge in [-0.3, -0.25) is 0 Å². The van der Waals surface area contributed by atoms with Crippen LogP contribution in [0.4, 0.5) is 10.1 Å². The van der Waals surface area contributed by atoms with E-state index in [0.717, 1.165) is 29.8 Å². The first-order chi connectivity index (χ1) is 10.9. The molecule has 0 spiro atoms. The second kappa shape index (κ2) is 7.57. The monoisotopic (exact) mass is 336 g/mol. The Hall–Kier alpha value is -1.92. The summed E-state index contributed by atoms with van der Waals surface area (Å²) in [4.78, 5) is 2.11. The van der Waals surface area contributed by atoms with Gasteiger partial charge in [-0.15, -0.1) is 0 Å². The Morgan fingerprint density at radius 1 is 1.00 bits per heavy atom. The van der Waals surface area contributed by atoms with Crippen molar-refractivity contribution in [2.75, 3.05) is 25.5 Å². The zero-order valence-electron chi connectivity index (χ0n) is 13.3. The number of nitrogens with zero attached hydrogens (tertiary/aromatic N) is 1. The molecule has 0 aliphatic carbocycles. The van der Waals surface area contributed by atoms with E-state index in [1.54, 1.807) is 0 Å². The number of anilines is 1. The lowest BCUT2D eigenvalue weighted by molar-refractivity contribution is 0.578. The van der Waals surface area contributed by atoms with Crippen molar-refractivity contribution in [2.24, 2.45) is 0 Å². The van der Waals surface area contributed by atoms with Gasteiger partial charge in [0, 0.05) is 26.3 Å². The molecule has 2 rings (SSSR count). The average molecular weight is 336 g/mol. The molecule has 0 aromatic heterocycles. The number of hydrogen-bond acceptors (Lipinski definition) is 3.